The SMILES string of the molecule is Cc1nc(CCCO)nc2c1CCOCC2. The summed E-state index contributed by atoms with van der Waals surface area (Å²) in [6.45, 7) is 3.76. The van der Waals surface area contributed by atoms with Crippen LogP contribution in [0.1, 0.15) is 29.2 Å². The Morgan fingerprint density at radius 2 is 2.06 bits per heavy atom. The molecule has 4 nitrogen and oxygen atoms in total. The number of ether oxygens (including phenoxy) is 1. The van der Waals surface area contributed by atoms with Gasteiger partial charge < -0.3 is 9.84 Å². The zero-order chi connectivity index (χ0) is 11.4. The first-order chi connectivity index (χ1) is 7.81. The van der Waals surface area contributed by atoms with E-state index in [1.54, 1.807) is 0 Å². The zero-order valence-electron chi connectivity index (χ0n) is 9.70. The van der Waals surface area contributed by atoms with Crippen LogP contribution in [-0.4, -0.2) is 34.9 Å². The molecule has 1 aromatic rings. The molecule has 0 amide bonds. The molecule has 2 rings (SSSR count). The van der Waals surface area contributed by atoms with Crippen molar-refractivity contribution < 1.29 is 9.84 Å². The lowest BCUT2D eigenvalue weighted by Gasteiger charge is -2.09. The number of nitrogens with zero attached hydrogens (tertiary/aromatic N) is 2. The van der Waals surface area contributed by atoms with Crippen LogP contribution in [0.15, 0.2) is 0 Å². The number of fused-ring (bicyclic) bond motifs is 1. The summed E-state index contributed by atoms with van der Waals surface area (Å²) in [6, 6.07) is 0. The third-order valence-electron chi connectivity index (χ3n) is 2.88. The topological polar surface area (TPSA) is 55.2 Å². The van der Waals surface area contributed by atoms with Crippen LogP contribution in [0.2, 0.25) is 0 Å². The lowest BCUT2D eigenvalue weighted by molar-refractivity contribution is 0.146. The van der Waals surface area contributed by atoms with Gasteiger partial charge in [-0.25, -0.2) is 9.97 Å². The van der Waals surface area contributed by atoms with E-state index in [0.717, 1.165) is 56.1 Å². The molecule has 0 saturated heterocycles. The minimum Gasteiger partial charge on any atom is -0.396 e. The average Bonchev–Trinajstić information content (AvgIpc) is 2.51. The van der Waals surface area contributed by atoms with E-state index in [1.165, 1.54) is 5.56 Å². The Morgan fingerprint density at radius 1 is 1.25 bits per heavy atom. The summed E-state index contributed by atoms with van der Waals surface area (Å²) in [4.78, 5) is 9.06. The Labute approximate surface area is 95.7 Å². The first-order valence-electron chi connectivity index (χ1n) is 5.85. The monoisotopic (exact) mass is 222 g/mol. The molecule has 1 aromatic heterocycles. The molecule has 0 atom stereocenters. The summed E-state index contributed by atoms with van der Waals surface area (Å²) >= 11 is 0. The Morgan fingerprint density at radius 3 is 2.88 bits per heavy atom. The van der Waals surface area contributed by atoms with Crippen molar-refractivity contribution in [3.63, 3.8) is 0 Å². The molecular weight excluding hydrogens is 204 g/mol. The van der Waals surface area contributed by atoms with Crippen molar-refractivity contribution in [1.82, 2.24) is 9.97 Å². The number of hydrogen-bond donors (Lipinski definition) is 1. The molecule has 0 fully saturated rings. The predicted octanol–water partition coefficient (Wildman–Crippen LogP) is 0.825. The molecule has 1 N–H and O–H groups in total. The number of aryl methyl sites for hydroxylation is 2. The highest BCUT2D eigenvalue weighted by Gasteiger charge is 2.14. The summed E-state index contributed by atoms with van der Waals surface area (Å²) in [7, 11) is 0. The molecular formula is C12H18N2O2. The highest BCUT2D eigenvalue weighted by molar-refractivity contribution is 5.26. The van der Waals surface area contributed by atoms with Gasteiger partial charge in [0.25, 0.3) is 0 Å². The first-order valence-corrected chi connectivity index (χ1v) is 5.85. The molecule has 0 aliphatic carbocycles. The van der Waals surface area contributed by atoms with Gasteiger partial charge in [-0.1, -0.05) is 0 Å². The van der Waals surface area contributed by atoms with Crippen LogP contribution in [0.5, 0.6) is 0 Å². The lowest BCUT2D eigenvalue weighted by Crippen LogP contribution is -2.08. The number of hydrogen-bond acceptors (Lipinski definition) is 4. The van der Waals surface area contributed by atoms with E-state index in [0.29, 0.717) is 0 Å². The maximum Gasteiger partial charge on any atom is 0.128 e. The molecule has 16 heavy (non-hydrogen) atoms. The third kappa shape index (κ3) is 2.57. The average molecular weight is 222 g/mol. The smallest absolute Gasteiger partial charge is 0.128 e. The highest BCUT2D eigenvalue weighted by atomic mass is 16.5. The Bertz CT molecular complexity index is 366. The van der Waals surface area contributed by atoms with E-state index in [1.807, 2.05) is 6.92 Å². The number of aromatic nitrogens is 2. The fourth-order valence-electron chi connectivity index (χ4n) is 2.04. The van der Waals surface area contributed by atoms with Gasteiger partial charge in [-0.15, -0.1) is 0 Å². The molecule has 0 unspecified atom stereocenters. The maximum atomic E-state index is 8.80. The van der Waals surface area contributed by atoms with Crippen molar-refractivity contribution >= 4 is 0 Å². The summed E-state index contributed by atoms with van der Waals surface area (Å²) in [5, 5.41) is 8.80. The largest absolute Gasteiger partial charge is 0.396 e. The van der Waals surface area contributed by atoms with Crippen molar-refractivity contribution in [1.29, 1.82) is 0 Å². The second-order valence-electron chi connectivity index (χ2n) is 4.09. The number of rotatable bonds is 3. The Balaban J connectivity index is 2.24. The van der Waals surface area contributed by atoms with Crippen molar-refractivity contribution in [2.75, 3.05) is 19.8 Å². The van der Waals surface area contributed by atoms with Crippen molar-refractivity contribution in [3.8, 4) is 0 Å². The van der Waals surface area contributed by atoms with Gasteiger partial charge in [0.15, 0.2) is 0 Å². The predicted molar refractivity (Wildman–Crippen MR) is 60.4 cm³/mol. The summed E-state index contributed by atoms with van der Waals surface area (Å²) in [5.74, 6) is 0.854. The maximum absolute atomic E-state index is 8.80. The molecule has 1 aliphatic rings. The van der Waals surface area contributed by atoms with Crippen LogP contribution in [0.25, 0.3) is 0 Å². The second kappa shape index (κ2) is 5.37. The van der Waals surface area contributed by atoms with Gasteiger partial charge in [0.2, 0.25) is 0 Å². The van der Waals surface area contributed by atoms with E-state index in [-0.39, 0.29) is 6.61 Å². The second-order valence-corrected chi connectivity index (χ2v) is 4.09. The molecule has 0 spiro atoms. The molecule has 4 heteroatoms. The number of aliphatic hydroxyl groups excluding tert-OH is 1. The van der Waals surface area contributed by atoms with Gasteiger partial charge in [0, 0.05) is 30.8 Å². The molecule has 0 radical (unpaired) electrons. The van der Waals surface area contributed by atoms with Crippen LogP contribution in [0.4, 0.5) is 0 Å². The van der Waals surface area contributed by atoms with Gasteiger partial charge in [-0.3, -0.25) is 0 Å². The van der Waals surface area contributed by atoms with Gasteiger partial charge >= 0.3 is 0 Å². The normalized spacial score (nSPS) is 15.6. The van der Waals surface area contributed by atoms with Crippen molar-refractivity contribution in [3.05, 3.63) is 22.8 Å². The quantitative estimate of drug-likeness (QED) is 0.823. The van der Waals surface area contributed by atoms with Crippen LogP contribution < -0.4 is 0 Å². The molecule has 0 bridgehead atoms. The first kappa shape index (κ1) is 11.5. The summed E-state index contributed by atoms with van der Waals surface area (Å²) < 4.78 is 5.45. The highest BCUT2D eigenvalue weighted by Crippen LogP contribution is 2.16. The standard InChI is InChI=1S/C12H18N2O2/c1-9-10-4-7-16-8-5-11(10)14-12(13-9)3-2-6-15/h15H,2-8H2,1H3. The fourth-order valence-corrected chi connectivity index (χ4v) is 2.04. The van der Waals surface area contributed by atoms with E-state index < -0.39 is 0 Å². The van der Waals surface area contributed by atoms with Crippen LogP contribution in [0, 0.1) is 6.92 Å². The van der Waals surface area contributed by atoms with E-state index >= 15 is 0 Å². The van der Waals surface area contributed by atoms with Crippen molar-refractivity contribution in [2.45, 2.75) is 32.6 Å². The van der Waals surface area contributed by atoms with Crippen LogP contribution >= 0.6 is 0 Å². The molecule has 0 aromatic carbocycles. The Kier molecular flexibility index (Phi) is 3.85. The summed E-state index contributed by atoms with van der Waals surface area (Å²) in [5.41, 5.74) is 3.46. The van der Waals surface area contributed by atoms with Gasteiger partial charge in [-0.2, -0.15) is 0 Å². The Hall–Kier alpha value is -1.00. The van der Waals surface area contributed by atoms with E-state index in [2.05, 4.69) is 9.97 Å². The minimum absolute atomic E-state index is 0.197. The molecule has 0 saturated carbocycles. The number of aliphatic hydroxyl groups is 1. The molecule has 88 valence electrons. The van der Waals surface area contributed by atoms with Crippen LogP contribution in [0.3, 0.4) is 0 Å². The van der Waals surface area contributed by atoms with Crippen molar-refractivity contribution in [2.24, 2.45) is 0 Å². The van der Waals surface area contributed by atoms with Gasteiger partial charge in [0.05, 0.1) is 13.2 Å². The molecule has 2 heterocycles. The fraction of sp³-hybridized carbons (Fsp3) is 0.667. The summed E-state index contributed by atoms with van der Waals surface area (Å²) in [6.07, 6.45) is 3.28. The zero-order valence-corrected chi connectivity index (χ0v) is 9.70. The third-order valence-corrected chi connectivity index (χ3v) is 2.88. The van der Waals surface area contributed by atoms with Gasteiger partial charge in [-0.05, 0) is 25.3 Å². The van der Waals surface area contributed by atoms with E-state index in [9.17, 15) is 0 Å². The lowest BCUT2D eigenvalue weighted by atomic mass is 10.1. The van der Waals surface area contributed by atoms with Crippen LogP contribution in [-0.2, 0) is 24.0 Å². The molecule has 1 aliphatic heterocycles. The van der Waals surface area contributed by atoms with E-state index in [4.69, 9.17) is 9.84 Å². The van der Waals surface area contributed by atoms with Gasteiger partial charge in [0.1, 0.15) is 5.82 Å². The minimum atomic E-state index is 0.197.